The van der Waals surface area contributed by atoms with Gasteiger partial charge in [-0.05, 0) is 19.7 Å². The molecule has 0 saturated carbocycles. The molecule has 128 valence electrons. The Morgan fingerprint density at radius 3 is 2.62 bits per heavy atom. The first-order valence-corrected chi connectivity index (χ1v) is 7.60. The van der Waals surface area contributed by atoms with Crippen LogP contribution in [0.4, 0.5) is 0 Å². The summed E-state index contributed by atoms with van der Waals surface area (Å²) < 4.78 is 4.88. The van der Waals surface area contributed by atoms with Crippen molar-refractivity contribution in [3.05, 3.63) is 47.6 Å². The largest absolute Gasteiger partial charge is 0.352 e. The lowest BCUT2D eigenvalue weighted by Crippen LogP contribution is -2.31. The quantitative estimate of drug-likeness (QED) is 0.718. The van der Waals surface area contributed by atoms with Crippen molar-refractivity contribution in [2.75, 3.05) is 27.2 Å². The molecule has 1 aromatic carbocycles. The summed E-state index contributed by atoms with van der Waals surface area (Å²) in [7, 11) is 3.82. The van der Waals surface area contributed by atoms with E-state index in [-0.39, 0.29) is 24.0 Å². The van der Waals surface area contributed by atoms with Crippen LogP contribution >= 0.6 is 0 Å². The zero-order valence-electron chi connectivity index (χ0n) is 13.8. The topological polar surface area (TPSA) is 100 Å². The van der Waals surface area contributed by atoms with Gasteiger partial charge in [0.1, 0.15) is 0 Å². The highest BCUT2D eigenvalue weighted by atomic mass is 16.5. The molecular weight excluding hydrogens is 310 g/mol. The van der Waals surface area contributed by atoms with Gasteiger partial charge in [-0.2, -0.15) is 4.98 Å². The van der Waals surface area contributed by atoms with Crippen LogP contribution < -0.4 is 10.6 Å². The number of carbonyl (C=O) groups is 2. The Morgan fingerprint density at radius 2 is 1.92 bits per heavy atom. The van der Waals surface area contributed by atoms with E-state index in [0.29, 0.717) is 19.6 Å². The third kappa shape index (κ3) is 5.81. The molecule has 0 aliphatic heterocycles. The van der Waals surface area contributed by atoms with Crippen LogP contribution in [0.15, 0.2) is 34.9 Å². The normalized spacial score (nSPS) is 10.6. The van der Waals surface area contributed by atoms with Crippen LogP contribution in [0.2, 0.25) is 0 Å². The molecule has 1 aromatic heterocycles. The molecule has 0 spiro atoms. The van der Waals surface area contributed by atoms with Gasteiger partial charge in [-0.3, -0.25) is 9.59 Å². The van der Waals surface area contributed by atoms with Crippen LogP contribution in [-0.4, -0.2) is 54.0 Å². The van der Waals surface area contributed by atoms with Crippen LogP contribution in [0.1, 0.15) is 22.1 Å². The van der Waals surface area contributed by atoms with Crippen molar-refractivity contribution in [1.29, 1.82) is 0 Å². The number of nitrogens with zero attached hydrogens (tertiary/aromatic N) is 3. The molecule has 8 heteroatoms. The standard InChI is InChI=1S/C16H21N5O3/c1-21(2)9-8-17-15(23)16-19-13(20-24-16)10-14(22)18-11-12-6-4-3-5-7-12/h3-7H,8-11H2,1-2H3,(H,17,23)(H,18,22). The highest BCUT2D eigenvalue weighted by molar-refractivity contribution is 5.89. The Hall–Kier alpha value is -2.74. The first kappa shape index (κ1) is 17.6. The van der Waals surface area contributed by atoms with Crippen LogP contribution in [0.25, 0.3) is 0 Å². The predicted molar refractivity (Wildman–Crippen MR) is 87.2 cm³/mol. The second-order valence-corrected chi connectivity index (χ2v) is 5.51. The van der Waals surface area contributed by atoms with Crippen molar-refractivity contribution in [3.63, 3.8) is 0 Å². The fourth-order valence-electron chi connectivity index (χ4n) is 1.89. The Bertz CT molecular complexity index is 669. The second-order valence-electron chi connectivity index (χ2n) is 5.51. The van der Waals surface area contributed by atoms with Crippen molar-refractivity contribution >= 4 is 11.8 Å². The lowest BCUT2D eigenvalue weighted by Gasteiger charge is -2.08. The van der Waals surface area contributed by atoms with Crippen molar-refractivity contribution in [3.8, 4) is 0 Å². The fraction of sp³-hybridized carbons (Fsp3) is 0.375. The van der Waals surface area contributed by atoms with Crippen molar-refractivity contribution in [2.24, 2.45) is 0 Å². The lowest BCUT2D eigenvalue weighted by molar-refractivity contribution is -0.120. The number of nitrogens with one attached hydrogen (secondary N) is 2. The zero-order chi connectivity index (χ0) is 17.4. The SMILES string of the molecule is CN(C)CCNC(=O)c1nc(CC(=O)NCc2ccccc2)no1. The van der Waals surface area contributed by atoms with Crippen LogP contribution in [0.5, 0.6) is 0 Å². The molecule has 0 aliphatic rings. The summed E-state index contributed by atoms with van der Waals surface area (Å²) in [5, 5.41) is 9.09. The van der Waals surface area contributed by atoms with Gasteiger partial charge in [0.15, 0.2) is 5.82 Å². The highest BCUT2D eigenvalue weighted by Crippen LogP contribution is 2.00. The summed E-state index contributed by atoms with van der Waals surface area (Å²) in [6.45, 7) is 1.60. The molecule has 0 aliphatic carbocycles. The second kappa shape index (κ2) is 8.78. The molecule has 8 nitrogen and oxygen atoms in total. The average Bonchev–Trinajstić information content (AvgIpc) is 3.02. The van der Waals surface area contributed by atoms with E-state index in [2.05, 4.69) is 20.8 Å². The van der Waals surface area contributed by atoms with E-state index < -0.39 is 5.91 Å². The predicted octanol–water partition coefficient (Wildman–Crippen LogP) is 0.220. The monoisotopic (exact) mass is 331 g/mol. The van der Waals surface area contributed by atoms with Crippen molar-refractivity contribution < 1.29 is 14.1 Å². The Labute approximate surface area is 140 Å². The summed E-state index contributed by atoms with van der Waals surface area (Å²) in [5.41, 5.74) is 1.000. The zero-order valence-corrected chi connectivity index (χ0v) is 13.8. The lowest BCUT2D eigenvalue weighted by atomic mass is 10.2. The number of amides is 2. The molecule has 2 amide bonds. The van der Waals surface area contributed by atoms with Crippen molar-refractivity contribution in [2.45, 2.75) is 13.0 Å². The van der Waals surface area contributed by atoms with Gasteiger partial charge in [-0.1, -0.05) is 35.5 Å². The minimum atomic E-state index is -0.444. The summed E-state index contributed by atoms with van der Waals surface area (Å²) >= 11 is 0. The minimum Gasteiger partial charge on any atom is -0.352 e. The summed E-state index contributed by atoms with van der Waals surface area (Å²) in [5.74, 6) is -0.641. The van der Waals surface area contributed by atoms with E-state index in [4.69, 9.17) is 4.52 Å². The van der Waals surface area contributed by atoms with Gasteiger partial charge < -0.3 is 20.1 Å². The molecule has 0 saturated heterocycles. The van der Waals surface area contributed by atoms with E-state index in [1.165, 1.54) is 0 Å². The van der Waals surface area contributed by atoms with Gasteiger partial charge in [-0.25, -0.2) is 0 Å². The number of hydrogen-bond acceptors (Lipinski definition) is 6. The van der Waals surface area contributed by atoms with E-state index in [0.717, 1.165) is 5.56 Å². The fourth-order valence-corrected chi connectivity index (χ4v) is 1.89. The third-order valence-electron chi connectivity index (χ3n) is 3.16. The molecule has 2 rings (SSSR count). The third-order valence-corrected chi connectivity index (χ3v) is 3.16. The highest BCUT2D eigenvalue weighted by Gasteiger charge is 2.16. The Kier molecular flexibility index (Phi) is 6.44. The van der Waals surface area contributed by atoms with Gasteiger partial charge in [0.2, 0.25) is 5.91 Å². The molecule has 0 fully saturated rings. The Balaban J connectivity index is 1.78. The first-order valence-electron chi connectivity index (χ1n) is 7.60. The van der Waals surface area contributed by atoms with Gasteiger partial charge in [0.25, 0.3) is 0 Å². The summed E-state index contributed by atoms with van der Waals surface area (Å²) in [6, 6.07) is 9.56. The maximum absolute atomic E-state index is 11.9. The Morgan fingerprint density at radius 1 is 1.17 bits per heavy atom. The smallest absolute Gasteiger partial charge is 0.315 e. The molecule has 1 heterocycles. The van der Waals surface area contributed by atoms with Gasteiger partial charge >= 0.3 is 11.8 Å². The maximum Gasteiger partial charge on any atom is 0.315 e. The summed E-state index contributed by atoms with van der Waals surface area (Å²) in [4.78, 5) is 29.6. The first-order chi connectivity index (χ1) is 11.5. The van der Waals surface area contributed by atoms with E-state index in [1.807, 2.05) is 49.3 Å². The molecule has 2 aromatic rings. The van der Waals surface area contributed by atoms with Gasteiger partial charge in [0, 0.05) is 19.6 Å². The molecule has 0 atom stereocenters. The van der Waals surface area contributed by atoms with E-state index in [9.17, 15) is 9.59 Å². The molecule has 0 radical (unpaired) electrons. The average molecular weight is 331 g/mol. The number of hydrogen-bond donors (Lipinski definition) is 2. The van der Waals surface area contributed by atoms with Gasteiger partial charge in [0.05, 0.1) is 6.42 Å². The maximum atomic E-state index is 11.9. The number of benzene rings is 1. The molecule has 2 N–H and O–H groups in total. The summed E-state index contributed by atoms with van der Waals surface area (Å²) in [6.07, 6.45) is -0.0404. The van der Waals surface area contributed by atoms with Crippen LogP contribution in [0, 0.1) is 0 Å². The number of rotatable bonds is 8. The molecule has 0 bridgehead atoms. The minimum absolute atomic E-state index is 0.0404. The molecular formula is C16H21N5O3. The van der Waals surface area contributed by atoms with Crippen LogP contribution in [0.3, 0.4) is 0 Å². The van der Waals surface area contributed by atoms with Gasteiger partial charge in [-0.15, -0.1) is 0 Å². The van der Waals surface area contributed by atoms with E-state index in [1.54, 1.807) is 0 Å². The molecule has 24 heavy (non-hydrogen) atoms. The number of aromatic nitrogens is 2. The van der Waals surface area contributed by atoms with E-state index >= 15 is 0 Å². The van der Waals surface area contributed by atoms with Crippen LogP contribution in [-0.2, 0) is 17.8 Å². The van der Waals surface area contributed by atoms with Crippen molar-refractivity contribution in [1.82, 2.24) is 25.7 Å². The number of carbonyl (C=O) groups excluding carboxylic acids is 2. The molecule has 0 unspecified atom stereocenters. The number of likely N-dealkylation sites (N-methyl/N-ethyl adjacent to an activating group) is 1.